The first kappa shape index (κ1) is 22.4. The molecule has 2 aromatic heterocycles. The van der Waals surface area contributed by atoms with Gasteiger partial charge in [-0.2, -0.15) is 5.26 Å². The lowest BCUT2D eigenvalue weighted by molar-refractivity contribution is -0.113. The highest BCUT2D eigenvalue weighted by atomic mass is 32.2. The maximum Gasteiger partial charge on any atom is 0.235 e. The monoisotopic (exact) mass is 467 g/mol. The molecule has 1 aliphatic carbocycles. The number of aryl methyl sites for hydroxylation is 3. The van der Waals surface area contributed by atoms with Gasteiger partial charge in [-0.05, 0) is 62.3 Å². The van der Waals surface area contributed by atoms with E-state index in [-0.39, 0.29) is 11.7 Å². The molecule has 0 saturated carbocycles. The van der Waals surface area contributed by atoms with Crippen LogP contribution in [0.3, 0.4) is 0 Å². The number of hydrogen-bond acceptors (Lipinski definition) is 7. The molecule has 32 heavy (non-hydrogen) atoms. The molecule has 7 nitrogen and oxygen atoms in total. The summed E-state index contributed by atoms with van der Waals surface area (Å²) in [7, 11) is 1.86. The molecular formula is C23H25N5O2S2. The van der Waals surface area contributed by atoms with E-state index in [0.29, 0.717) is 28.2 Å². The van der Waals surface area contributed by atoms with Gasteiger partial charge in [0.15, 0.2) is 11.0 Å². The Morgan fingerprint density at radius 2 is 2.12 bits per heavy atom. The number of nitrogens with zero attached hydrogens (tertiary/aromatic N) is 4. The van der Waals surface area contributed by atoms with Gasteiger partial charge in [-0.1, -0.05) is 23.9 Å². The zero-order chi connectivity index (χ0) is 22.7. The van der Waals surface area contributed by atoms with Crippen LogP contribution < -0.4 is 10.1 Å². The molecule has 1 aliphatic rings. The fourth-order valence-electron chi connectivity index (χ4n) is 3.67. The largest absolute Gasteiger partial charge is 0.485 e. The number of aromatic nitrogens is 3. The predicted molar refractivity (Wildman–Crippen MR) is 126 cm³/mol. The summed E-state index contributed by atoms with van der Waals surface area (Å²) in [4.78, 5) is 13.8. The zero-order valence-electron chi connectivity index (χ0n) is 18.4. The average molecular weight is 468 g/mol. The minimum atomic E-state index is -0.152. The summed E-state index contributed by atoms with van der Waals surface area (Å²) in [5.41, 5.74) is 3.95. The molecule has 9 heteroatoms. The number of thiophene rings is 1. The summed E-state index contributed by atoms with van der Waals surface area (Å²) in [5, 5.41) is 22.2. The number of ether oxygens (including phenoxy) is 1. The Hall–Kier alpha value is -2.83. The minimum Gasteiger partial charge on any atom is -0.485 e. The van der Waals surface area contributed by atoms with Crippen molar-refractivity contribution in [2.75, 3.05) is 11.1 Å². The number of nitrogens with one attached hydrogen (secondary N) is 1. The van der Waals surface area contributed by atoms with Gasteiger partial charge in [0.1, 0.15) is 23.4 Å². The highest BCUT2D eigenvalue weighted by Crippen LogP contribution is 2.37. The molecule has 1 N–H and O–H groups in total. The molecule has 0 spiro atoms. The van der Waals surface area contributed by atoms with Crippen LogP contribution in [-0.4, -0.2) is 26.4 Å². The molecule has 2 heterocycles. The second kappa shape index (κ2) is 9.76. The van der Waals surface area contributed by atoms with E-state index in [4.69, 9.17) is 4.74 Å². The summed E-state index contributed by atoms with van der Waals surface area (Å²) < 4.78 is 7.77. The Morgan fingerprint density at radius 1 is 1.31 bits per heavy atom. The number of hydrogen-bond donors (Lipinski definition) is 1. The van der Waals surface area contributed by atoms with Gasteiger partial charge in [0.05, 0.1) is 11.3 Å². The van der Waals surface area contributed by atoms with Crippen LogP contribution in [0, 0.1) is 25.2 Å². The van der Waals surface area contributed by atoms with E-state index in [0.717, 1.165) is 48.1 Å². The van der Waals surface area contributed by atoms with Crippen LogP contribution >= 0.6 is 23.1 Å². The summed E-state index contributed by atoms with van der Waals surface area (Å²) in [6.07, 6.45) is 4.16. The third kappa shape index (κ3) is 4.81. The second-order valence-corrected chi connectivity index (χ2v) is 9.93. The van der Waals surface area contributed by atoms with E-state index in [1.807, 2.05) is 37.6 Å². The van der Waals surface area contributed by atoms with Crippen molar-refractivity contribution in [1.82, 2.24) is 14.8 Å². The molecule has 166 valence electrons. The molecule has 0 unspecified atom stereocenters. The Labute approximate surface area is 195 Å². The Bertz CT molecular complexity index is 1190. The quantitative estimate of drug-likeness (QED) is 0.512. The number of nitriles is 1. The maximum atomic E-state index is 12.5. The van der Waals surface area contributed by atoms with E-state index >= 15 is 0 Å². The molecule has 0 aliphatic heterocycles. The van der Waals surface area contributed by atoms with Gasteiger partial charge < -0.3 is 14.6 Å². The van der Waals surface area contributed by atoms with Crippen molar-refractivity contribution in [3.05, 3.63) is 51.2 Å². The number of amides is 1. The average Bonchev–Trinajstić information content (AvgIpc) is 3.32. The lowest BCUT2D eigenvalue weighted by Gasteiger charge is -2.10. The molecule has 0 bridgehead atoms. The Morgan fingerprint density at radius 3 is 2.94 bits per heavy atom. The fraction of sp³-hybridized carbons (Fsp3) is 0.391. The summed E-state index contributed by atoms with van der Waals surface area (Å²) in [5.74, 6) is 1.55. The van der Waals surface area contributed by atoms with Crippen molar-refractivity contribution < 1.29 is 9.53 Å². The molecule has 3 aromatic rings. The molecule has 0 fully saturated rings. The van der Waals surface area contributed by atoms with Crippen molar-refractivity contribution in [1.29, 1.82) is 5.26 Å². The zero-order valence-corrected chi connectivity index (χ0v) is 20.0. The molecule has 1 amide bonds. The van der Waals surface area contributed by atoms with Crippen LogP contribution in [0.1, 0.15) is 45.8 Å². The SMILES string of the molecule is Cc1ccc(C)c(OCc2nnc(SCC(=O)Nc3sc4c(c3C#N)CCCC4)n2C)c1. The van der Waals surface area contributed by atoms with Crippen molar-refractivity contribution >= 4 is 34.0 Å². The van der Waals surface area contributed by atoms with Gasteiger partial charge in [-0.3, -0.25) is 4.79 Å². The minimum absolute atomic E-state index is 0.152. The maximum absolute atomic E-state index is 12.5. The number of carbonyl (C=O) groups is 1. The normalized spacial score (nSPS) is 12.8. The fourth-order valence-corrected chi connectivity index (χ4v) is 5.65. The topological polar surface area (TPSA) is 92.8 Å². The number of benzene rings is 1. The van der Waals surface area contributed by atoms with Crippen LogP contribution in [0.25, 0.3) is 0 Å². The first-order chi connectivity index (χ1) is 15.5. The van der Waals surface area contributed by atoms with E-state index in [1.165, 1.54) is 28.0 Å². The van der Waals surface area contributed by atoms with Crippen molar-refractivity contribution in [3.63, 3.8) is 0 Å². The van der Waals surface area contributed by atoms with Crippen LogP contribution in [0.2, 0.25) is 0 Å². The summed E-state index contributed by atoms with van der Waals surface area (Å²) >= 11 is 2.85. The van der Waals surface area contributed by atoms with Crippen LogP contribution in [0.4, 0.5) is 5.00 Å². The standard InChI is InChI=1S/C23H25N5O2S2/c1-14-8-9-15(2)18(10-14)30-12-20-26-27-23(28(20)3)31-13-21(29)25-22-17(11-24)16-6-4-5-7-19(16)32-22/h8-10H,4-7,12-13H2,1-3H3,(H,25,29). The van der Waals surface area contributed by atoms with Gasteiger partial charge in [0.2, 0.25) is 5.91 Å². The molecular weight excluding hydrogens is 442 g/mol. The van der Waals surface area contributed by atoms with E-state index in [1.54, 1.807) is 0 Å². The Balaban J connectivity index is 1.35. The number of thioether (sulfide) groups is 1. The highest BCUT2D eigenvalue weighted by molar-refractivity contribution is 7.99. The third-order valence-corrected chi connectivity index (χ3v) is 7.72. The van der Waals surface area contributed by atoms with Gasteiger partial charge in [-0.15, -0.1) is 21.5 Å². The number of fused-ring (bicyclic) bond motifs is 1. The van der Waals surface area contributed by atoms with Gasteiger partial charge in [-0.25, -0.2) is 0 Å². The number of anilines is 1. The first-order valence-corrected chi connectivity index (χ1v) is 12.3. The van der Waals surface area contributed by atoms with E-state index in [9.17, 15) is 10.1 Å². The van der Waals surface area contributed by atoms with Crippen LogP contribution in [0.5, 0.6) is 5.75 Å². The number of carbonyl (C=O) groups excluding carboxylic acids is 1. The predicted octanol–water partition coefficient (Wildman–Crippen LogP) is 4.55. The third-order valence-electron chi connectivity index (χ3n) is 5.49. The van der Waals surface area contributed by atoms with Gasteiger partial charge in [0.25, 0.3) is 0 Å². The van der Waals surface area contributed by atoms with Crippen molar-refractivity contribution in [2.45, 2.75) is 51.3 Å². The molecule has 1 aromatic carbocycles. The lowest BCUT2D eigenvalue weighted by Crippen LogP contribution is -2.14. The van der Waals surface area contributed by atoms with Gasteiger partial charge in [0, 0.05) is 11.9 Å². The number of rotatable bonds is 7. The van der Waals surface area contributed by atoms with E-state index < -0.39 is 0 Å². The summed E-state index contributed by atoms with van der Waals surface area (Å²) in [6.45, 7) is 4.33. The van der Waals surface area contributed by atoms with Crippen LogP contribution in [0.15, 0.2) is 23.4 Å². The van der Waals surface area contributed by atoms with Gasteiger partial charge >= 0.3 is 0 Å². The van der Waals surface area contributed by atoms with E-state index in [2.05, 4.69) is 27.6 Å². The molecule has 0 atom stereocenters. The molecule has 4 rings (SSSR count). The first-order valence-electron chi connectivity index (χ1n) is 10.5. The van der Waals surface area contributed by atoms with Crippen molar-refractivity contribution in [2.24, 2.45) is 7.05 Å². The highest BCUT2D eigenvalue weighted by Gasteiger charge is 2.22. The summed E-state index contributed by atoms with van der Waals surface area (Å²) in [6, 6.07) is 8.36. The van der Waals surface area contributed by atoms with Crippen LogP contribution in [-0.2, 0) is 31.3 Å². The Kier molecular flexibility index (Phi) is 6.82. The molecule has 0 radical (unpaired) electrons. The smallest absolute Gasteiger partial charge is 0.235 e. The van der Waals surface area contributed by atoms with Crippen molar-refractivity contribution in [3.8, 4) is 11.8 Å². The lowest BCUT2D eigenvalue weighted by atomic mass is 9.96. The second-order valence-electron chi connectivity index (χ2n) is 7.88. The molecule has 0 saturated heterocycles.